The van der Waals surface area contributed by atoms with E-state index in [0.29, 0.717) is 19.4 Å². The third-order valence-corrected chi connectivity index (χ3v) is 5.49. The number of nitrogens with one attached hydrogen (secondary N) is 1. The van der Waals surface area contributed by atoms with E-state index in [1.807, 2.05) is 6.92 Å². The number of aromatic nitrogens is 2. The second-order valence-electron chi connectivity index (χ2n) is 6.87. The van der Waals surface area contributed by atoms with E-state index in [0.717, 1.165) is 29.4 Å². The SMILES string of the molecule is CC[C@@H](C)NC(=O)CCN(c1nc(Cc2ccc(F)cc2)ns1)[C@@H](C)CC. The van der Waals surface area contributed by atoms with E-state index in [4.69, 9.17) is 0 Å². The monoisotopic (exact) mass is 392 g/mol. The number of benzene rings is 1. The molecule has 2 aromatic rings. The number of anilines is 1. The second-order valence-corrected chi connectivity index (χ2v) is 7.60. The highest BCUT2D eigenvalue weighted by Gasteiger charge is 2.19. The fourth-order valence-corrected chi connectivity index (χ4v) is 3.43. The molecule has 0 aliphatic heterocycles. The molecule has 7 heteroatoms. The van der Waals surface area contributed by atoms with E-state index in [1.54, 1.807) is 12.1 Å². The molecule has 2 atom stereocenters. The van der Waals surface area contributed by atoms with Crippen molar-refractivity contribution in [2.45, 2.75) is 65.5 Å². The Morgan fingerprint density at radius 1 is 1.22 bits per heavy atom. The number of hydrogen-bond acceptors (Lipinski definition) is 5. The highest BCUT2D eigenvalue weighted by molar-refractivity contribution is 7.09. The van der Waals surface area contributed by atoms with Gasteiger partial charge in [0.05, 0.1) is 0 Å². The zero-order valence-electron chi connectivity index (χ0n) is 16.5. The number of amides is 1. The summed E-state index contributed by atoms with van der Waals surface area (Å²) in [6.45, 7) is 8.94. The molecular weight excluding hydrogens is 363 g/mol. The van der Waals surface area contributed by atoms with Gasteiger partial charge in [0.25, 0.3) is 0 Å². The molecule has 2 rings (SSSR count). The van der Waals surface area contributed by atoms with Crippen LogP contribution in [0.25, 0.3) is 0 Å². The molecule has 1 aromatic carbocycles. The van der Waals surface area contributed by atoms with Gasteiger partial charge < -0.3 is 10.2 Å². The van der Waals surface area contributed by atoms with Crippen LogP contribution in [-0.2, 0) is 11.2 Å². The Morgan fingerprint density at radius 3 is 2.56 bits per heavy atom. The third-order valence-electron chi connectivity index (χ3n) is 4.70. The quantitative estimate of drug-likeness (QED) is 0.659. The fraction of sp³-hybridized carbons (Fsp3) is 0.550. The van der Waals surface area contributed by atoms with Crippen molar-refractivity contribution < 1.29 is 9.18 Å². The minimum atomic E-state index is -0.246. The summed E-state index contributed by atoms with van der Waals surface area (Å²) in [6, 6.07) is 6.86. The van der Waals surface area contributed by atoms with E-state index >= 15 is 0 Å². The molecule has 1 aromatic heterocycles. The van der Waals surface area contributed by atoms with Crippen molar-refractivity contribution in [1.82, 2.24) is 14.7 Å². The number of hydrogen-bond donors (Lipinski definition) is 1. The number of carbonyl (C=O) groups is 1. The van der Waals surface area contributed by atoms with Crippen molar-refractivity contribution in [3.05, 3.63) is 41.5 Å². The van der Waals surface area contributed by atoms with Crippen molar-refractivity contribution in [3.8, 4) is 0 Å². The molecule has 0 saturated heterocycles. The van der Waals surface area contributed by atoms with Crippen molar-refractivity contribution in [2.24, 2.45) is 0 Å². The highest BCUT2D eigenvalue weighted by Crippen LogP contribution is 2.22. The maximum atomic E-state index is 13.0. The van der Waals surface area contributed by atoms with Gasteiger partial charge >= 0.3 is 0 Å². The minimum Gasteiger partial charge on any atom is -0.354 e. The van der Waals surface area contributed by atoms with Crippen LogP contribution in [0.15, 0.2) is 24.3 Å². The summed E-state index contributed by atoms with van der Waals surface area (Å²) in [4.78, 5) is 18.9. The maximum Gasteiger partial charge on any atom is 0.221 e. The zero-order valence-corrected chi connectivity index (χ0v) is 17.4. The number of halogens is 1. The average Bonchev–Trinajstić information content (AvgIpc) is 3.11. The molecule has 1 N–H and O–H groups in total. The van der Waals surface area contributed by atoms with Crippen molar-refractivity contribution in [1.29, 1.82) is 0 Å². The van der Waals surface area contributed by atoms with Gasteiger partial charge in [-0.25, -0.2) is 9.37 Å². The van der Waals surface area contributed by atoms with Gasteiger partial charge in [-0.1, -0.05) is 26.0 Å². The third kappa shape index (κ3) is 6.57. The van der Waals surface area contributed by atoms with Crippen LogP contribution < -0.4 is 10.2 Å². The van der Waals surface area contributed by atoms with Crippen molar-refractivity contribution in [3.63, 3.8) is 0 Å². The van der Waals surface area contributed by atoms with Gasteiger partial charge in [-0.2, -0.15) is 4.37 Å². The summed E-state index contributed by atoms with van der Waals surface area (Å²) in [7, 11) is 0. The lowest BCUT2D eigenvalue weighted by Crippen LogP contribution is -2.38. The molecule has 0 unspecified atom stereocenters. The van der Waals surface area contributed by atoms with Gasteiger partial charge in [0, 0.05) is 43.0 Å². The van der Waals surface area contributed by atoms with Crippen LogP contribution >= 0.6 is 11.5 Å². The fourth-order valence-electron chi connectivity index (χ4n) is 2.61. The lowest BCUT2D eigenvalue weighted by atomic mass is 10.1. The molecule has 148 valence electrons. The van der Waals surface area contributed by atoms with E-state index < -0.39 is 0 Å². The van der Waals surface area contributed by atoms with Gasteiger partial charge in [-0.3, -0.25) is 4.79 Å². The molecule has 0 fully saturated rings. The Balaban J connectivity index is 2.02. The molecule has 0 radical (unpaired) electrons. The van der Waals surface area contributed by atoms with E-state index in [-0.39, 0.29) is 23.8 Å². The zero-order chi connectivity index (χ0) is 19.8. The van der Waals surface area contributed by atoms with Gasteiger partial charge in [-0.15, -0.1) is 0 Å². The molecule has 0 spiro atoms. The van der Waals surface area contributed by atoms with Crippen LogP contribution in [0, 0.1) is 5.82 Å². The summed E-state index contributed by atoms with van der Waals surface area (Å²) in [5.74, 6) is 0.539. The molecule has 27 heavy (non-hydrogen) atoms. The van der Waals surface area contributed by atoms with Crippen LogP contribution in [0.1, 0.15) is 58.3 Å². The van der Waals surface area contributed by atoms with Crippen LogP contribution in [0.5, 0.6) is 0 Å². The summed E-state index contributed by atoms with van der Waals surface area (Å²) in [5, 5.41) is 3.84. The number of carbonyl (C=O) groups excluding carboxylic acids is 1. The van der Waals surface area contributed by atoms with Crippen LogP contribution in [0.2, 0.25) is 0 Å². The van der Waals surface area contributed by atoms with Gasteiger partial charge in [0.2, 0.25) is 11.0 Å². The van der Waals surface area contributed by atoms with Gasteiger partial charge in [0.15, 0.2) is 0 Å². The lowest BCUT2D eigenvalue weighted by molar-refractivity contribution is -0.121. The Kier molecular flexibility index (Phi) is 8.16. The van der Waals surface area contributed by atoms with Crippen molar-refractivity contribution >= 4 is 22.6 Å². The largest absolute Gasteiger partial charge is 0.354 e. The average molecular weight is 393 g/mol. The molecule has 0 aliphatic rings. The molecule has 0 aliphatic carbocycles. The Bertz CT molecular complexity index is 719. The summed E-state index contributed by atoms with van der Waals surface area (Å²) >= 11 is 1.35. The van der Waals surface area contributed by atoms with Gasteiger partial charge in [0.1, 0.15) is 11.6 Å². The molecule has 0 saturated carbocycles. The van der Waals surface area contributed by atoms with Crippen LogP contribution in [-0.4, -0.2) is 33.9 Å². The summed E-state index contributed by atoms with van der Waals surface area (Å²) < 4.78 is 17.5. The topological polar surface area (TPSA) is 58.1 Å². The highest BCUT2D eigenvalue weighted by atomic mass is 32.1. The van der Waals surface area contributed by atoms with E-state index in [2.05, 4.69) is 40.3 Å². The van der Waals surface area contributed by atoms with Crippen LogP contribution in [0.4, 0.5) is 9.52 Å². The lowest BCUT2D eigenvalue weighted by Gasteiger charge is -2.27. The predicted octanol–water partition coefficient (Wildman–Crippen LogP) is 4.18. The first-order chi connectivity index (χ1) is 12.9. The molecular formula is C20H29FN4OS. The normalized spacial score (nSPS) is 13.2. The number of nitrogens with zero attached hydrogens (tertiary/aromatic N) is 3. The Morgan fingerprint density at radius 2 is 1.93 bits per heavy atom. The Labute approximate surface area is 165 Å². The first kappa shape index (κ1) is 21.3. The Hall–Kier alpha value is -2.02. The standard InChI is InChI=1S/C20H29FN4OS/c1-5-14(3)22-19(26)11-12-25(15(4)6-2)20-23-18(24-27-20)13-16-7-9-17(21)10-8-16/h7-10,14-15H,5-6,11-13H2,1-4H3,(H,22,26)/t14-,15+/m1/s1. The van der Waals surface area contributed by atoms with E-state index in [9.17, 15) is 9.18 Å². The maximum absolute atomic E-state index is 13.0. The minimum absolute atomic E-state index is 0.0636. The predicted molar refractivity (Wildman–Crippen MR) is 109 cm³/mol. The summed E-state index contributed by atoms with van der Waals surface area (Å²) in [6.07, 6.45) is 2.88. The first-order valence-corrected chi connectivity index (χ1v) is 10.3. The summed E-state index contributed by atoms with van der Waals surface area (Å²) in [5.41, 5.74) is 0.976. The molecule has 1 amide bonds. The molecule has 1 heterocycles. The molecule has 0 bridgehead atoms. The smallest absolute Gasteiger partial charge is 0.221 e. The molecule has 5 nitrogen and oxygen atoms in total. The number of rotatable bonds is 10. The van der Waals surface area contributed by atoms with E-state index in [1.165, 1.54) is 23.7 Å². The van der Waals surface area contributed by atoms with Crippen molar-refractivity contribution in [2.75, 3.05) is 11.4 Å². The van der Waals surface area contributed by atoms with Gasteiger partial charge in [-0.05, 0) is 44.4 Å². The second kappa shape index (κ2) is 10.3. The first-order valence-electron chi connectivity index (χ1n) is 9.55. The van der Waals surface area contributed by atoms with Crippen LogP contribution in [0.3, 0.4) is 0 Å².